The van der Waals surface area contributed by atoms with Gasteiger partial charge in [0.2, 0.25) is 0 Å². The van der Waals surface area contributed by atoms with Crippen LogP contribution in [0.3, 0.4) is 0 Å². The number of aromatic nitrogens is 1. The third kappa shape index (κ3) is 1.64. The van der Waals surface area contributed by atoms with E-state index in [0.717, 1.165) is 16.1 Å². The molecule has 2 heteroatoms. The molecule has 0 aliphatic carbocycles. The first-order valence-electron chi connectivity index (χ1n) is 6.59. The van der Waals surface area contributed by atoms with Crippen molar-refractivity contribution in [3.05, 3.63) is 71.8 Å². The van der Waals surface area contributed by atoms with E-state index in [1.807, 2.05) is 18.2 Å². The molecule has 4 aromatic rings. The Kier molecular flexibility index (Phi) is 2.54. The molecule has 3 aromatic carbocycles. The number of aromatic amines is 1. The Hall–Kier alpha value is -2.25. The van der Waals surface area contributed by atoms with E-state index in [-0.39, 0.29) is 0 Å². The maximum Gasteiger partial charge on any atom is 0.0654 e. The molecule has 4 rings (SSSR count). The Balaban J connectivity index is 2.17. The molecule has 0 amide bonds. The average Bonchev–Trinajstić information content (AvgIpc) is 2.88. The standard InChI is InChI=1S/C18H12ClN/c19-15-10-4-9-14-17-13(12-6-2-1-3-7-12)8-5-11-16(17)20-18(14)15/h1-11,20H. The molecular formula is C18H12ClN. The topological polar surface area (TPSA) is 15.8 Å². The minimum absolute atomic E-state index is 0.762. The number of hydrogen-bond acceptors (Lipinski definition) is 0. The van der Waals surface area contributed by atoms with Crippen molar-refractivity contribution in [1.29, 1.82) is 0 Å². The van der Waals surface area contributed by atoms with E-state index < -0.39 is 0 Å². The maximum atomic E-state index is 6.30. The van der Waals surface area contributed by atoms with E-state index in [1.54, 1.807) is 0 Å². The van der Waals surface area contributed by atoms with Crippen molar-refractivity contribution in [2.24, 2.45) is 0 Å². The van der Waals surface area contributed by atoms with Gasteiger partial charge in [-0.25, -0.2) is 0 Å². The fourth-order valence-electron chi connectivity index (χ4n) is 2.80. The van der Waals surface area contributed by atoms with Gasteiger partial charge in [-0.3, -0.25) is 0 Å². The summed E-state index contributed by atoms with van der Waals surface area (Å²) in [7, 11) is 0. The quantitative estimate of drug-likeness (QED) is 0.463. The van der Waals surface area contributed by atoms with Crippen LogP contribution in [0, 0.1) is 0 Å². The zero-order valence-corrected chi connectivity index (χ0v) is 11.5. The number of H-pyrrole nitrogens is 1. The third-order valence-electron chi connectivity index (χ3n) is 3.69. The lowest BCUT2D eigenvalue weighted by Crippen LogP contribution is -1.78. The molecule has 0 spiro atoms. The van der Waals surface area contributed by atoms with Gasteiger partial charge in [0, 0.05) is 16.3 Å². The summed E-state index contributed by atoms with van der Waals surface area (Å²) in [5, 5.41) is 3.17. The highest BCUT2D eigenvalue weighted by Gasteiger charge is 2.11. The second kappa shape index (κ2) is 4.39. The van der Waals surface area contributed by atoms with Crippen molar-refractivity contribution in [1.82, 2.24) is 4.98 Å². The maximum absolute atomic E-state index is 6.30. The van der Waals surface area contributed by atoms with E-state index >= 15 is 0 Å². The van der Waals surface area contributed by atoms with E-state index in [2.05, 4.69) is 53.5 Å². The number of rotatable bonds is 1. The number of nitrogens with one attached hydrogen (secondary N) is 1. The molecule has 0 fully saturated rings. The Bertz CT molecular complexity index is 907. The van der Waals surface area contributed by atoms with E-state index in [0.29, 0.717) is 0 Å². The molecular weight excluding hydrogens is 266 g/mol. The third-order valence-corrected chi connectivity index (χ3v) is 4.01. The van der Waals surface area contributed by atoms with Gasteiger partial charge in [0.05, 0.1) is 10.5 Å². The lowest BCUT2D eigenvalue weighted by atomic mass is 10.00. The molecule has 0 aliphatic rings. The zero-order chi connectivity index (χ0) is 13.5. The van der Waals surface area contributed by atoms with Crippen molar-refractivity contribution in [3.63, 3.8) is 0 Å². The van der Waals surface area contributed by atoms with Crippen LogP contribution >= 0.6 is 11.6 Å². The summed E-state index contributed by atoms with van der Waals surface area (Å²) in [6, 6.07) is 22.8. The summed E-state index contributed by atoms with van der Waals surface area (Å²) in [5.41, 5.74) is 4.58. The SMILES string of the molecule is Clc1cccc2c1[nH]c1cccc(-c3ccccc3)c12. The van der Waals surface area contributed by atoms with Crippen molar-refractivity contribution in [2.45, 2.75) is 0 Å². The first-order valence-corrected chi connectivity index (χ1v) is 6.97. The fourth-order valence-corrected chi connectivity index (χ4v) is 3.02. The molecule has 1 aromatic heterocycles. The first-order chi connectivity index (χ1) is 9.84. The number of halogens is 1. The highest BCUT2D eigenvalue weighted by Crippen LogP contribution is 2.36. The summed E-state index contributed by atoms with van der Waals surface area (Å²) in [6.45, 7) is 0. The van der Waals surface area contributed by atoms with Crippen LogP contribution in [-0.2, 0) is 0 Å². The van der Waals surface area contributed by atoms with Crippen molar-refractivity contribution < 1.29 is 0 Å². The summed E-state index contributed by atoms with van der Waals surface area (Å²) < 4.78 is 0. The molecule has 0 atom stereocenters. The van der Waals surface area contributed by atoms with Gasteiger partial charge in [-0.05, 0) is 23.3 Å². The second-order valence-corrected chi connectivity index (χ2v) is 5.29. The Morgan fingerprint density at radius 1 is 0.750 bits per heavy atom. The van der Waals surface area contributed by atoms with Crippen LogP contribution in [0.4, 0.5) is 0 Å². The Morgan fingerprint density at radius 2 is 1.55 bits per heavy atom. The Labute approximate surface area is 121 Å². The van der Waals surface area contributed by atoms with Gasteiger partial charge in [0.1, 0.15) is 0 Å². The largest absolute Gasteiger partial charge is 0.353 e. The molecule has 1 nitrogen and oxygen atoms in total. The van der Waals surface area contributed by atoms with E-state index in [1.165, 1.54) is 21.9 Å². The predicted octanol–water partition coefficient (Wildman–Crippen LogP) is 5.64. The van der Waals surface area contributed by atoms with Gasteiger partial charge >= 0.3 is 0 Å². The highest BCUT2D eigenvalue weighted by atomic mass is 35.5. The van der Waals surface area contributed by atoms with Crippen LogP contribution in [-0.4, -0.2) is 4.98 Å². The van der Waals surface area contributed by atoms with Gasteiger partial charge in [-0.15, -0.1) is 0 Å². The van der Waals surface area contributed by atoms with Gasteiger partial charge in [-0.2, -0.15) is 0 Å². The molecule has 0 unspecified atom stereocenters. The number of para-hydroxylation sites is 1. The summed E-state index contributed by atoms with van der Waals surface area (Å²) >= 11 is 6.30. The summed E-state index contributed by atoms with van der Waals surface area (Å²) in [5.74, 6) is 0. The molecule has 0 bridgehead atoms. The monoisotopic (exact) mass is 277 g/mol. The molecule has 96 valence electrons. The smallest absolute Gasteiger partial charge is 0.0654 e. The van der Waals surface area contributed by atoms with Gasteiger partial charge < -0.3 is 4.98 Å². The van der Waals surface area contributed by atoms with E-state index in [9.17, 15) is 0 Å². The van der Waals surface area contributed by atoms with Crippen LogP contribution in [0.2, 0.25) is 5.02 Å². The molecule has 0 saturated heterocycles. The van der Waals surface area contributed by atoms with Gasteiger partial charge in [0.25, 0.3) is 0 Å². The van der Waals surface area contributed by atoms with Crippen molar-refractivity contribution >= 4 is 33.4 Å². The number of benzene rings is 3. The highest BCUT2D eigenvalue weighted by molar-refractivity contribution is 6.36. The number of hydrogen-bond donors (Lipinski definition) is 1. The van der Waals surface area contributed by atoms with Crippen LogP contribution in [0.25, 0.3) is 32.9 Å². The van der Waals surface area contributed by atoms with Gasteiger partial charge in [0.15, 0.2) is 0 Å². The molecule has 0 radical (unpaired) electrons. The molecule has 0 saturated carbocycles. The first kappa shape index (κ1) is 11.6. The van der Waals surface area contributed by atoms with Crippen LogP contribution in [0.5, 0.6) is 0 Å². The Morgan fingerprint density at radius 3 is 2.40 bits per heavy atom. The number of fused-ring (bicyclic) bond motifs is 3. The molecule has 20 heavy (non-hydrogen) atoms. The van der Waals surface area contributed by atoms with Crippen LogP contribution in [0.1, 0.15) is 0 Å². The lowest BCUT2D eigenvalue weighted by molar-refractivity contribution is 1.54. The lowest BCUT2D eigenvalue weighted by Gasteiger charge is -2.04. The minimum Gasteiger partial charge on any atom is -0.353 e. The zero-order valence-electron chi connectivity index (χ0n) is 10.7. The van der Waals surface area contributed by atoms with E-state index in [4.69, 9.17) is 11.6 Å². The minimum atomic E-state index is 0.762. The van der Waals surface area contributed by atoms with Crippen molar-refractivity contribution in [3.8, 4) is 11.1 Å². The van der Waals surface area contributed by atoms with Crippen LogP contribution in [0.15, 0.2) is 66.7 Å². The average molecular weight is 278 g/mol. The predicted molar refractivity (Wildman–Crippen MR) is 86.3 cm³/mol. The second-order valence-electron chi connectivity index (χ2n) is 4.88. The van der Waals surface area contributed by atoms with Gasteiger partial charge in [-0.1, -0.05) is 66.2 Å². The normalized spacial score (nSPS) is 11.2. The van der Waals surface area contributed by atoms with Crippen molar-refractivity contribution in [2.75, 3.05) is 0 Å². The van der Waals surface area contributed by atoms with Crippen LogP contribution < -0.4 is 0 Å². The molecule has 1 N–H and O–H groups in total. The molecule has 1 heterocycles. The summed E-state index contributed by atoms with van der Waals surface area (Å²) in [4.78, 5) is 3.42. The fraction of sp³-hybridized carbons (Fsp3) is 0. The summed E-state index contributed by atoms with van der Waals surface area (Å²) in [6.07, 6.45) is 0. The molecule has 0 aliphatic heterocycles.